The summed E-state index contributed by atoms with van der Waals surface area (Å²) >= 11 is 0. The summed E-state index contributed by atoms with van der Waals surface area (Å²) in [7, 11) is 0. The van der Waals surface area contributed by atoms with E-state index < -0.39 is 18.2 Å². The Labute approximate surface area is 176 Å². The van der Waals surface area contributed by atoms with E-state index in [4.69, 9.17) is 11.5 Å². The second-order valence-electron chi connectivity index (χ2n) is 7.76. The molecule has 1 aliphatic carbocycles. The molecule has 0 radical (unpaired) electrons. The van der Waals surface area contributed by atoms with Gasteiger partial charge < -0.3 is 26.2 Å². The number of benzene rings is 1. The summed E-state index contributed by atoms with van der Waals surface area (Å²) in [6.45, 7) is 0. The van der Waals surface area contributed by atoms with Crippen molar-refractivity contribution in [1.82, 2.24) is 19.5 Å². The monoisotopic (exact) mass is 420 g/mol. The van der Waals surface area contributed by atoms with Gasteiger partial charge in [0.15, 0.2) is 0 Å². The molecule has 0 saturated heterocycles. The molecule has 4 aromatic rings. The highest BCUT2D eigenvalue weighted by Gasteiger charge is 2.36. The molecule has 158 valence electrons. The molecule has 0 fully saturated rings. The van der Waals surface area contributed by atoms with Crippen LogP contribution >= 0.6 is 0 Å². The molecular formula is C22H21FN6O2. The molecule has 3 atom stereocenters. The smallest absolute Gasteiger partial charge is 0.146 e. The molecule has 9 heteroatoms. The van der Waals surface area contributed by atoms with Gasteiger partial charge in [-0.1, -0.05) is 6.08 Å². The lowest BCUT2D eigenvalue weighted by Crippen LogP contribution is -2.29. The van der Waals surface area contributed by atoms with Gasteiger partial charge in [-0.15, -0.1) is 0 Å². The molecule has 0 spiro atoms. The number of nitrogens with two attached hydrogens (primary N) is 2. The van der Waals surface area contributed by atoms with Gasteiger partial charge in [-0.2, -0.15) is 0 Å². The molecule has 0 aliphatic heterocycles. The Hall–Kier alpha value is -3.56. The average Bonchev–Trinajstić information content (AvgIpc) is 3.29. The van der Waals surface area contributed by atoms with Gasteiger partial charge in [-0.25, -0.2) is 19.3 Å². The third kappa shape index (κ3) is 3.28. The Morgan fingerprint density at radius 1 is 1.06 bits per heavy atom. The van der Waals surface area contributed by atoms with Crippen molar-refractivity contribution >= 4 is 33.6 Å². The van der Waals surface area contributed by atoms with E-state index in [9.17, 15) is 14.6 Å². The number of aryl methyl sites for hydroxylation is 1. The Bertz CT molecular complexity index is 1330. The minimum absolute atomic E-state index is 0.340. The Kier molecular flexibility index (Phi) is 4.57. The van der Waals surface area contributed by atoms with Crippen LogP contribution < -0.4 is 11.5 Å². The molecule has 3 heterocycles. The second kappa shape index (κ2) is 7.29. The van der Waals surface area contributed by atoms with E-state index in [0.29, 0.717) is 57.6 Å². The number of pyridine rings is 1. The molecule has 0 amide bonds. The SMILES string of the molecule is Nc1ccc2cc(F)c(CCC3=C[C@@H](n4ccc5c(N)ncnc54)[C@H](O)[C@@H]3O)cc2n1. The van der Waals surface area contributed by atoms with Gasteiger partial charge in [-0.05, 0) is 54.3 Å². The summed E-state index contributed by atoms with van der Waals surface area (Å²) in [6, 6.07) is 7.73. The zero-order chi connectivity index (χ0) is 21.7. The lowest BCUT2D eigenvalue weighted by molar-refractivity contribution is 0.0317. The van der Waals surface area contributed by atoms with Crippen LogP contribution in [-0.2, 0) is 6.42 Å². The standard InChI is InChI=1S/C22H21FN6O2/c23-15-7-12-3-4-18(24)28-16(12)8-11(15)1-2-13-9-17(20(31)19(13)30)29-6-5-14-21(25)26-10-27-22(14)29/h3-10,17,19-20,30-31H,1-2H2,(H2,24,28)(H2,25,26,27)/t17-,19-,20+/m1/s1. The van der Waals surface area contributed by atoms with E-state index in [-0.39, 0.29) is 5.82 Å². The van der Waals surface area contributed by atoms with E-state index >= 15 is 0 Å². The third-order valence-corrected chi connectivity index (χ3v) is 5.86. The molecule has 1 aromatic carbocycles. The van der Waals surface area contributed by atoms with Crippen molar-refractivity contribution in [2.45, 2.75) is 31.1 Å². The minimum Gasteiger partial charge on any atom is -0.388 e. The second-order valence-corrected chi connectivity index (χ2v) is 7.76. The van der Waals surface area contributed by atoms with Gasteiger partial charge in [0.05, 0.1) is 16.9 Å². The van der Waals surface area contributed by atoms with Crippen LogP contribution in [0.2, 0.25) is 0 Å². The first-order valence-corrected chi connectivity index (χ1v) is 9.91. The number of halogens is 1. The topological polar surface area (TPSA) is 136 Å². The summed E-state index contributed by atoms with van der Waals surface area (Å²) in [4.78, 5) is 12.5. The van der Waals surface area contributed by atoms with Crippen molar-refractivity contribution in [3.63, 3.8) is 0 Å². The molecule has 0 bridgehead atoms. The predicted molar refractivity (Wildman–Crippen MR) is 116 cm³/mol. The number of hydrogen-bond donors (Lipinski definition) is 4. The number of fused-ring (bicyclic) bond motifs is 2. The van der Waals surface area contributed by atoms with Crippen molar-refractivity contribution in [2.24, 2.45) is 0 Å². The number of aromatic nitrogens is 4. The molecule has 0 unspecified atom stereocenters. The van der Waals surface area contributed by atoms with Crippen LogP contribution in [0.15, 0.2) is 54.5 Å². The Morgan fingerprint density at radius 3 is 2.74 bits per heavy atom. The van der Waals surface area contributed by atoms with Gasteiger partial charge >= 0.3 is 0 Å². The fourth-order valence-electron chi connectivity index (χ4n) is 4.20. The van der Waals surface area contributed by atoms with Crippen molar-refractivity contribution in [2.75, 3.05) is 11.5 Å². The highest BCUT2D eigenvalue weighted by molar-refractivity contribution is 5.86. The summed E-state index contributed by atoms with van der Waals surface area (Å²) < 4.78 is 16.3. The lowest BCUT2D eigenvalue weighted by Gasteiger charge is -2.19. The maximum absolute atomic E-state index is 14.6. The molecule has 0 saturated carbocycles. The number of nitrogens with zero attached hydrogens (tertiary/aromatic N) is 4. The van der Waals surface area contributed by atoms with Gasteiger partial charge in [0, 0.05) is 11.6 Å². The molecule has 3 aromatic heterocycles. The van der Waals surface area contributed by atoms with Crippen LogP contribution in [0.1, 0.15) is 18.0 Å². The fraction of sp³-hybridized carbons (Fsp3) is 0.227. The summed E-state index contributed by atoms with van der Waals surface area (Å²) in [5, 5.41) is 22.6. The quantitative estimate of drug-likeness (QED) is 0.371. The van der Waals surface area contributed by atoms with Crippen molar-refractivity contribution < 1.29 is 14.6 Å². The molecule has 6 N–H and O–H groups in total. The van der Waals surface area contributed by atoms with E-state index in [2.05, 4.69) is 15.0 Å². The molecule has 31 heavy (non-hydrogen) atoms. The highest BCUT2D eigenvalue weighted by Crippen LogP contribution is 2.35. The number of nitrogen functional groups attached to an aromatic ring is 2. The first kappa shape index (κ1) is 19.4. The molecule has 5 rings (SSSR count). The van der Waals surface area contributed by atoms with Crippen molar-refractivity contribution in [1.29, 1.82) is 0 Å². The van der Waals surface area contributed by atoms with E-state index in [1.807, 2.05) is 6.08 Å². The third-order valence-electron chi connectivity index (χ3n) is 5.86. The Balaban J connectivity index is 1.42. The van der Waals surface area contributed by atoms with Gasteiger partial charge in [-0.3, -0.25) is 0 Å². The minimum atomic E-state index is -1.06. The predicted octanol–water partition coefficient (Wildman–Crippen LogP) is 2.12. The number of hydrogen-bond acceptors (Lipinski definition) is 7. The average molecular weight is 420 g/mol. The van der Waals surface area contributed by atoms with Gasteiger partial charge in [0.2, 0.25) is 0 Å². The number of aliphatic hydroxyl groups is 2. The van der Waals surface area contributed by atoms with Crippen LogP contribution in [0.25, 0.3) is 21.9 Å². The fourth-order valence-corrected chi connectivity index (χ4v) is 4.20. The van der Waals surface area contributed by atoms with Crippen LogP contribution in [-0.4, -0.2) is 41.9 Å². The van der Waals surface area contributed by atoms with E-state index in [0.717, 1.165) is 0 Å². The van der Waals surface area contributed by atoms with Crippen LogP contribution in [0.4, 0.5) is 16.0 Å². The largest absolute Gasteiger partial charge is 0.388 e. The number of aliphatic hydroxyl groups excluding tert-OH is 2. The summed E-state index contributed by atoms with van der Waals surface area (Å²) in [5.41, 5.74) is 13.9. The van der Waals surface area contributed by atoms with Crippen LogP contribution in [0.5, 0.6) is 0 Å². The lowest BCUT2D eigenvalue weighted by atomic mass is 10.0. The zero-order valence-corrected chi connectivity index (χ0v) is 16.5. The van der Waals surface area contributed by atoms with Crippen molar-refractivity contribution in [3.8, 4) is 0 Å². The van der Waals surface area contributed by atoms with Gasteiger partial charge in [0.25, 0.3) is 0 Å². The number of anilines is 2. The van der Waals surface area contributed by atoms with E-state index in [1.165, 1.54) is 12.4 Å². The van der Waals surface area contributed by atoms with E-state index in [1.54, 1.807) is 35.0 Å². The Morgan fingerprint density at radius 2 is 1.90 bits per heavy atom. The maximum Gasteiger partial charge on any atom is 0.146 e. The highest BCUT2D eigenvalue weighted by atomic mass is 19.1. The molecule has 8 nitrogen and oxygen atoms in total. The van der Waals surface area contributed by atoms with Crippen LogP contribution in [0.3, 0.4) is 0 Å². The van der Waals surface area contributed by atoms with Gasteiger partial charge in [0.1, 0.15) is 41.6 Å². The summed E-state index contributed by atoms with van der Waals surface area (Å²) in [6.07, 6.45) is 3.55. The normalized spacial score (nSPS) is 21.1. The first-order valence-electron chi connectivity index (χ1n) is 9.91. The zero-order valence-electron chi connectivity index (χ0n) is 16.5. The molecular weight excluding hydrogens is 399 g/mol. The van der Waals surface area contributed by atoms with Crippen LogP contribution in [0, 0.1) is 5.82 Å². The summed E-state index contributed by atoms with van der Waals surface area (Å²) in [5.74, 6) is 0.378. The first-order chi connectivity index (χ1) is 14.9. The number of rotatable bonds is 4. The molecule has 1 aliphatic rings. The maximum atomic E-state index is 14.6. The van der Waals surface area contributed by atoms with Crippen molar-refractivity contribution in [3.05, 3.63) is 65.9 Å².